The number of benzene rings is 2. The summed E-state index contributed by atoms with van der Waals surface area (Å²) in [5.74, 6) is 0.139. The SMILES string of the molecule is O=C(C=Cc1ccc(CNCCc2c(C3CCCCC3)[nH]c3ccccc23)cc1)NO. The Morgan fingerprint density at radius 3 is 2.61 bits per heavy atom. The smallest absolute Gasteiger partial charge is 0.267 e. The van der Waals surface area contributed by atoms with Crippen LogP contribution in [0, 0.1) is 0 Å². The predicted molar refractivity (Wildman–Crippen MR) is 125 cm³/mol. The summed E-state index contributed by atoms with van der Waals surface area (Å²) in [6, 6.07) is 16.7. The number of aromatic amines is 1. The summed E-state index contributed by atoms with van der Waals surface area (Å²) in [6.45, 7) is 1.74. The first-order valence-electron chi connectivity index (χ1n) is 11.3. The van der Waals surface area contributed by atoms with Crippen LogP contribution in [0.15, 0.2) is 54.6 Å². The van der Waals surface area contributed by atoms with Crippen LogP contribution >= 0.6 is 0 Å². The number of nitrogens with one attached hydrogen (secondary N) is 3. The summed E-state index contributed by atoms with van der Waals surface area (Å²) >= 11 is 0. The Bertz CT molecular complexity index is 1030. The molecule has 1 aromatic heterocycles. The van der Waals surface area contributed by atoms with E-state index in [9.17, 15) is 4.79 Å². The maximum Gasteiger partial charge on any atom is 0.267 e. The number of carbonyl (C=O) groups is 1. The number of hydroxylamine groups is 1. The lowest BCUT2D eigenvalue weighted by atomic mass is 9.85. The number of H-pyrrole nitrogens is 1. The van der Waals surface area contributed by atoms with Crippen molar-refractivity contribution < 1.29 is 10.0 Å². The molecule has 31 heavy (non-hydrogen) atoms. The number of aromatic nitrogens is 1. The van der Waals surface area contributed by atoms with E-state index in [1.54, 1.807) is 11.6 Å². The van der Waals surface area contributed by atoms with Gasteiger partial charge in [0.15, 0.2) is 0 Å². The molecule has 1 amide bonds. The van der Waals surface area contributed by atoms with Crippen molar-refractivity contribution in [1.29, 1.82) is 0 Å². The monoisotopic (exact) mass is 417 g/mol. The zero-order chi connectivity index (χ0) is 21.5. The van der Waals surface area contributed by atoms with Gasteiger partial charge in [0.05, 0.1) is 0 Å². The van der Waals surface area contributed by atoms with Crippen LogP contribution in [0.2, 0.25) is 0 Å². The molecule has 0 unspecified atom stereocenters. The molecule has 2 aromatic carbocycles. The van der Waals surface area contributed by atoms with Crippen molar-refractivity contribution in [2.75, 3.05) is 6.54 Å². The molecule has 3 aromatic rings. The van der Waals surface area contributed by atoms with Gasteiger partial charge in [-0.1, -0.05) is 61.7 Å². The van der Waals surface area contributed by atoms with Crippen molar-refractivity contribution in [3.63, 3.8) is 0 Å². The minimum absolute atomic E-state index is 0.532. The van der Waals surface area contributed by atoms with Crippen molar-refractivity contribution in [3.05, 3.63) is 77.0 Å². The van der Waals surface area contributed by atoms with E-state index in [-0.39, 0.29) is 0 Å². The van der Waals surface area contributed by atoms with Crippen LogP contribution < -0.4 is 10.8 Å². The van der Waals surface area contributed by atoms with Gasteiger partial charge in [-0.15, -0.1) is 0 Å². The zero-order valence-electron chi connectivity index (χ0n) is 17.9. The van der Waals surface area contributed by atoms with E-state index in [0.717, 1.165) is 25.1 Å². The molecule has 0 saturated heterocycles. The van der Waals surface area contributed by atoms with Gasteiger partial charge in [-0.2, -0.15) is 0 Å². The van der Waals surface area contributed by atoms with Gasteiger partial charge in [-0.25, -0.2) is 5.48 Å². The lowest BCUT2D eigenvalue weighted by Gasteiger charge is -2.22. The molecule has 5 heteroatoms. The second-order valence-electron chi connectivity index (χ2n) is 8.38. The van der Waals surface area contributed by atoms with Crippen LogP contribution in [0.3, 0.4) is 0 Å². The fraction of sp³-hybridized carbons (Fsp3) is 0.346. The molecule has 5 nitrogen and oxygen atoms in total. The van der Waals surface area contributed by atoms with Gasteiger partial charge < -0.3 is 10.3 Å². The minimum Gasteiger partial charge on any atom is -0.358 e. The lowest BCUT2D eigenvalue weighted by Crippen LogP contribution is -2.17. The Labute approximate surface area is 183 Å². The Morgan fingerprint density at radius 2 is 1.84 bits per heavy atom. The van der Waals surface area contributed by atoms with Crippen molar-refractivity contribution in [3.8, 4) is 0 Å². The molecule has 0 radical (unpaired) electrons. The molecule has 1 fully saturated rings. The van der Waals surface area contributed by atoms with Gasteiger partial charge in [-0.3, -0.25) is 10.0 Å². The van der Waals surface area contributed by atoms with Gasteiger partial charge in [0.25, 0.3) is 5.91 Å². The molecule has 1 saturated carbocycles. The highest BCUT2D eigenvalue weighted by molar-refractivity contribution is 5.90. The van der Waals surface area contributed by atoms with E-state index in [1.807, 2.05) is 12.1 Å². The molecular weight excluding hydrogens is 386 g/mol. The van der Waals surface area contributed by atoms with Crippen LogP contribution in [-0.4, -0.2) is 22.6 Å². The van der Waals surface area contributed by atoms with Crippen molar-refractivity contribution in [2.45, 2.75) is 51.0 Å². The Hall–Kier alpha value is -2.89. The van der Waals surface area contributed by atoms with Crippen LogP contribution in [0.25, 0.3) is 17.0 Å². The molecule has 1 aliphatic rings. The van der Waals surface area contributed by atoms with Gasteiger partial charge in [0, 0.05) is 29.2 Å². The molecule has 1 heterocycles. The molecule has 1 aliphatic carbocycles. The van der Waals surface area contributed by atoms with Crippen LogP contribution in [0.4, 0.5) is 0 Å². The fourth-order valence-electron chi connectivity index (χ4n) is 4.63. The number of rotatable bonds is 8. The molecule has 0 aliphatic heterocycles. The van der Waals surface area contributed by atoms with Gasteiger partial charge >= 0.3 is 0 Å². The van der Waals surface area contributed by atoms with E-state index in [4.69, 9.17) is 5.21 Å². The Kier molecular flexibility index (Phi) is 7.18. The van der Waals surface area contributed by atoms with Gasteiger partial charge in [0.2, 0.25) is 0 Å². The van der Waals surface area contributed by atoms with Gasteiger partial charge in [-0.05, 0) is 60.6 Å². The van der Waals surface area contributed by atoms with Crippen LogP contribution in [-0.2, 0) is 17.8 Å². The number of hydrogen-bond donors (Lipinski definition) is 4. The van der Waals surface area contributed by atoms with Gasteiger partial charge in [0.1, 0.15) is 0 Å². The summed E-state index contributed by atoms with van der Waals surface area (Å²) in [5.41, 5.74) is 7.92. The first-order chi connectivity index (χ1) is 15.2. The fourth-order valence-corrected chi connectivity index (χ4v) is 4.63. The Morgan fingerprint density at radius 1 is 1.06 bits per heavy atom. The maximum absolute atomic E-state index is 11.1. The first-order valence-corrected chi connectivity index (χ1v) is 11.3. The van der Waals surface area contributed by atoms with E-state index in [1.165, 1.54) is 65.9 Å². The summed E-state index contributed by atoms with van der Waals surface area (Å²) in [5, 5.41) is 13.5. The third-order valence-electron chi connectivity index (χ3n) is 6.26. The standard InChI is InChI=1S/C26H31N3O2/c30-25(29-31)15-14-19-10-12-20(13-11-19)18-27-17-16-23-22-8-4-5-9-24(22)28-26(23)21-6-2-1-3-7-21/h4-5,8-15,21,27-28,31H,1-3,6-7,16-18H2,(H,29,30). The lowest BCUT2D eigenvalue weighted by molar-refractivity contribution is -0.124. The summed E-state index contributed by atoms with van der Waals surface area (Å²) in [6.07, 6.45) is 10.7. The highest BCUT2D eigenvalue weighted by Crippen LogP contribution is 2.36. The second-order valence-corrected chi connectivity index (χ2v) is 8.38. The highest BCUT2D eigenvalue weighted by atomic mass is 16.5. The average molecular weight is 418 g/mol. The Balaban J connectivity index is 1.36. The number of fused-ring (bicyclic) bond motifs is 1. The van der Waals surface area contributed by atoms with Crippen molar-refractivity contribution >= 4 is 22.9 Å². The topological polar surface area (TPSA) is 77.2 Å². The van der Waals surface area contributed by atoms with Crippen LogP contribution in [0.1, 0.15) is 60.4 Å². The maximum atomic E-state index is 11.1. The predicted octanol–water partition coefficient (Wildman–Crippen LogP) is 5.07. The third-order valence-corrected chi connectivity index (χ3v) is 6.26. The molecule has 4 rings (SSSR count). The zero-order valence-corrected chi connectivity index (χ0v) is 17.9. The van der Waals surface area contributed by atoms with Crippen molar-refractivity contribution in [2.24, 2.45) is 0 Å². The highest BCUT2D eigenvalue weighted by Gasteiger charge is 2.21. The first kappa shape index (κ1) is 21.3. The summed E-state index contributed by atoms with van der Waals surface area (Å²) in [4.78, 5) is 14.8. The second kappa shape index (κ2) is 10.4. The van der Waals surface area contributed by atoms with Crippen LogP contribution in [0.5, 0.6) is 0 Å². The van der Waals surface area contributed by atoms with E-state index < -0.39 is 5.91 Å². The normalized spacial score (nSPS) is 15.0. The number of para-hydroxylation sites is 1. The molecular formula is C26H31N3O2. The molecule has 4 N–H and O–H groups in total. The third kappa shape index (κ3) is 5.43. The van der Waals surface area contributed by atoms with E-state index in [0.29, 0.717) is 5.92 Å². The molecule has 0 bridgehead atoms. The van der Waals surface area contributed by atoms with Crippen molar-refractivity contribution in [1.82, 2.24) is 15.8 Å². The molecule has 0 atom stereocenters. The number of amides is 1. The summed E-state index contributed by atoms with van der Waals surface area (Å²) in [7, 11) is 0. The number of carbonyl (C=O) groups excluding carboxylic acids is 1. The largest absolute Gasteiger partial charge is 0.358 e. The summed E-state index contributed by atoms with van der Waals surface area (Å²) < 4.78 is 0. The minimum atomic E-state index is -0.532. The quantitative estimate of drug-likeness (QED) is 0.179. The number of hydrogen-bond acceptors (Lipinski definition) is 3. The van der Waals surface area contributed by atoms with E-state index >= 15 is 0 Å². The van der Waals surface area contributed by atoms with E-state index in [2.05, 4.69) is 46.7 Å². The molecule has 162 valence electrons. The molecule has 0 spiro atoms. The average Bonchev–Trinajstić information content (AvgIpc) is 3.20.